The van der Waals surface area contributed by atoms with Crippen molar-refractivity contribution in [1.82, 2.24) is 5.48 Å². The van der Waals surface area contributed by atoms with Gasteiger partial charge in [0.25, 0.3) is 0 Å². The average Bonchev–Trinajstić information content (AvgIpc) is 2.82. The summed E-state index contributed by atoms with van der Waals surface area (Å²) >= 11 is 0. The van der Waals surface area contributed by atoms with Gasteiger partial charge in [0.05, 0.1) is 18.1 Å². The topological polar surface area (TPSA) is 96.3 Å². The summed E-state index contributed by atoms with van der Waals surface area (Å²) in [5.41, 5.74) is 0.963. The van der Waals surface area contributed by atoms with Crippen molar-refractivity contribution in [2.45, 2.75) is 99.8 Å². The molecule has 1 N–H and O–H groups in total. The van der Waals surface area contributed by atoms with Gasteiger partial charge in [-0.25, -0.2) is 5.48 Å². The first-order chi connectivity index (χ1) is 17.5. The van der Waals surface area contributed by atoms with Gasteiger partial charge in [0.1, 0.15) is 11.9 Å². The monoisotopic (exact) mass is 522 g/mol. The highest BCUT2D eigenvalue weighted by Crippen LogP contribution is 2.75. The lowest BCUT2D eigenvalue weighted by Gasteiger charge is -2.71. The van der Waals surface area contributed by atoms with Crippen molar-refractivity contribution in [3.05, 3.63) is 11.6 Å². The van der Waals surface area contributed by atoms with Gasteiger partial charge in [-0.1, -0.05) is 54.5 Å². The Morgan fingerprint density at radius 3 is 2.26 bits per heavy atom. The van der Waals surface area contributed by atoms with Crippen molar-refractivity contribution in [3.63, 3.8) is 0 Å². The second-order valence-corrected chi connectivity index (χ2v) is 15.5. The van der Waals surface area contributed by atoms with Crippen molar-refractivity contribution in [3.8, 4) is 6.07 Å². The van der Waals surface area contributed by atoms with Gasteiger partial charge >= 0.3 is 0 Å². The van der Waals surface area contributed by atoms with E-state index in [-0.39, 0.29) is 63.0 Å². The second kappa shape index (κ2) is 8.26. The highest BCUT2D eigenvalue weighted by atomic mass is 16.6. The van der Waals surface area contributed by atoms with E-state index in [1.165, 1.54) is 7.11 Å². The SMILES string of the molecule is CONC(=O)[C@]12CCC(C)(C)C[C@H]1[C@H]1C(=O)C[C@@H]3[C@@]4(C)C=C(C#N)C(=O)C(C)(C)[C@@H]4CC[C@@]3(C)[C@]1(C)CC2. The lowest BCUT2D eigenvalue weighted by Crippen LogP contribution is -2.69. The van der Waals surface area contributed by atoms with E-state index in [1.807, 2.05) is 19.9 Å². The first-order valence-electron chi connectivity index (χ1n) is 14.6. The van der Waals surface area contributed by atoms with E-state index in [2.05, 4.69) is 46.2 Å². The number of hydroxylamine groups is 1. The Hall–Kier alpha value is -2.00. The molecule has 208 valence electrons. The molecule has 0 aliphatic heterocycles. The molecule has 0 bridgehead atoms. The van der Waals surface area contributed by atoms with Crippen molar-refractivity contribution < 1.29 is 19.2 Å². The minimum atomic E-state index is -0.635. The van der Waals surface area contributed by atoms with E-state index in [0.717, 1.165) is 44.9 Å². The van der Waals surface area contributed by atoms with Crippen LogP contribution in [0.2, 0.25) is 0 Å². The third kappa shape index (κ3) is 3.30. The van der Waals surface area contributed by atoms with Crippen LogP contribution in [0, 0.1) is 67.5 Å². The van der Waals surface area contributed by atoms with Crippen molar-refractivity contribution >= 4 is 17.5 Å². The third-order valence-corrected chi connectivity index (χ3v) is 13.1. The van der Waals surface area contributed by atoms with Crippen molar-refractivity contribution in [1.29, 1.82) is 5.26 Å². The summed E-state index contributed by atoms with van der Waals surface area (Å²) in [5, 5.41) is 9.90. The van der Waals surface area contributed by atoms with Gasteiger partial charge in [0, 0.05) is 17.8 Å². The van der Waals surface area contributed by atoms with E-state index in [1.54, 1.807) is 0 Å². The van der Waals surface area contributed by atoms with Crippen LogP contribution >= 0.6 is 0 Å². The van der Waals surface area contributed by atoms with Crippen LogP contribution in [-0.2, 0) is 19.2 Å². The lowest BCUT2D eigenvalue weighted by atomic mass is 9.31. The minimum Gasteiger partial charge on any atom is -0.299 e. The molecule has 5 aliphatic rings. The Balaban J connectivity index is 1.63. The Bertz CT molecular complexity index is 1160. The molecule has 0 unspecified atom stereocenters. The van der Waals surface area contributed by atoms with Crippen LogP contribution in [0.3, 0.4) is 0 Å². The number of nitrogens with zero attached hydrogens (tertiary/aromatic N) is 1. The third-order valence-electron chi connectivity index (χ3n) is 13.1. The maximum absolute atomic E-state index is 14.5. The quantitative estimate of drug-likeness (QED) is 0.451. The number of fused-ring (bicyclic) bond motifs is 7. The molecular weight excluding hydrogens is 476 g/mol. The summed E-state index contributed by atoms with van der Waals surface area (Å²) in [6.07, 6.45) is 8.44. The summed E-state index contributed by atoms with van der Waals surface area (Å²) in [6.45, 7) is 15.5. The zero-order valence-electron chi connectivity index (χ0n) is 24.6. The molecule has 1 amide bonds. The predicted octanol–water partition coefficient (Wildman–Crippen LogP) is 5.96. The molecule has 38 heavy (non-hydrogen) atoms. The maximum Gasteiger partial charge on any atom is 0.250 e. The number of hydrogen-bond donors (Lipinski definition) is 1. The highest BCUT2D eigenvalue weighted by molar-refractivity contribution is 6.04. The van der Waals surface area contributed by atoms with Gasteiger partial charge in [-0.3, -0.25) is 19.2 Å². The molecule has 6 nitrogen and oxygen atoms in total. The Morgan fingerprint density at radius 2 is 1.63 bits per heavy atom. The maximum atomic E-state index is 14.5. The molecule has 0 aromatic carbocycles. The van der Waals surface area contributed by atoms with Gasteiger partial charge < -0.3 is 0 Å². The van der Waals surface area contributed by atoms with Crippen LogP contribution in [0.25, 0.3) is 0 Å². The van der Waals surface area contributed by atoms with Gasteiger partial charge in [-0.05, 0) is 84.4 Å². The number of nitriles is 1. The molecule has 0 spiro atoms. The molecule has 8 atom stereocenters. The van der Waals surface area contributed by atoms with E-state index < -0.39 is 16.2 Å². The number of nitrogens with one attached hydrogen (secondary N) is 1. The van der Waals surface area contributed by atoms with E-state index >= 15 is 0 Å². The number of amides is 1. The highest BCUT2D eigenvalue weighted by Gasteiger charge is 2.73. The first-order valence-corrected chi connectivity index (χ1v) is 14.6. The molecule has 5 aliphatic carbocycles. The van der Waals surface area contributed by atoms with Crippen molar-refractivity contribution in [2.24, 2.45) is 56.2 Å². The van der Waals surface area contributed by atoms with E-state index in [9.17, 15) is 19.6 Å². The molecular formula is C32H46N2O4. The van der Waals surface area contributed by atoms with E-state index in [0.29, 0.717) is 6.42 Å². The zero-order chi connectivity index (χ0) is 28.1. The molecule has 5 rings (SSSR count). The van der Waals surface area contributed by atoms with Crippen LogP contribution < -0.4 is 5.48 Å². The number of hydrogen-bond acceptors (Lipinski definition) is 5. The molecule has 0 heterocycles. The van der Waals surface area contributed by atoms with Gasteiger partial charge in [-0.15, -0.1) is 0 Å². The lowest BCUT2D eigenvalue weighted by molar-refractivity contribution is -0.223. The summed E-state index contributed by atoms with van der Waals surface area (Å²) in [5.74, 6) is 0.0868. The molecule has 0 radical (unpaired) electrons. The Labute approximate surface area is 228 Å². The number of Topliss-reactive ketones (excluding diaryl/α,β-unsaturated/α-hetero) is 2. The van der Waals surface area contributed by atoms with Crippen molar-refractivity contribution in [2.75, 3.05) is 7.11 Å². The second-order valence-electron chi connectivity index (χ2n) is 15.5. The van der Waals surface area contributed by atoms with Gasteiger partial charge in [-0.2, -0.15) is 5.26 Å². The first kappa shape index (κ1) is 27.6. The average molecular weight is 523 g/mol. The van der Waals surface area contributed by atoms with Crippen LogP contribution in [0.5, 0.6) is 0 Å². The molecule has 0 aromatic heterocycles. The summed E-state index contributed by atoms with van der Waals surface area (Å²) in [7, 11) is 1.49. The van der Waals surface area contributed by atoms with Gasteiger partial charge in [0.15, 0.2) is 5.78 Å². The number of ketones is 2. The minimum absolute atomic E-state index is 0.0226. The molecule has 4 saturated carbocycles. The standard InChI is InChI=1S/C32H46N2O4/c1-27(2)11-13-32(26(37)34-38-8)14-12-31(7)24(20(32)17-27)21(35)15-23-29(5)16-19(18-33)25(36)28(3,4)22(29)9-10-30(23,31)6/h16,20,22-24H,9-15,17H2,1-8H3,(H,34,37)/t20-,22-,23+,24-,29-,30+,31+,32-/m0/s1. The molecule has 4 fully saturated rings. The number of allylic oxidation sites excluding steroid dienone is 2. The fourth-order valence-corrected chi connectivity index (χ4v) is 10.9. The van der Waals surface area contributed by atoms with Crippen LogP contribution in [0.1, 0.15) is 99.8 Å². The normalized spacial score (nSPS) is 46.9. The molecule has 0 saturated heterocycles. The Morgan fingerprint density at radius 1 is 0.974 bits per heavy atom. The fourth-order valence-electron chi connectivity index (χ4n) is 10.9. The molecule has 0 aromatic rings. The summed E-state index contributed by atoms with van der Waals surface area (Å²) in [6, 6.07) is 2.20. The van der Waals surface area contributed by atoms with Crippen LogP contribution in [0.4, 0.5) is 0 Å². The van der Waals surface area contributed by atoms with E-state index in [4.69, 9.17) is 4.84 Å². The zero-order valence-corrected chi connectivity index (χ0v) is 24.6. The Kier molecular flexibility index (Phi) is 5.99. The largest absolute Gasteiger partial charge is 0.299 e. The van der Waals surface area contributed by atoms with Gasteiger partial charge in [0.2, 0.25) is 5.91 Å². The number of carbonyl (C=O) groups is 3. The van der Waals surface area contributed by atoms with Crippen LogP contribution in [-0.4, -0.2) is 24.6 Å². The summed E-state index contributed by atoms with van der Waals surface area (Å²) < 4.78 is 0. The predicted molar refractivity (Wildman–Crippen MR) is 144 cm³/mol. The fraction of sp³-hybridized carbons (Fsp3) is 0.812. The summed E-state index contributed by atoms with van der Waals surface area (Å²) in [4.78, 5) is 46.5. The number of rotatable bonds is 2. The molecule has 6 heteroatoms. The smallest absolute Gasteiger partial charge is 0.250 e. The van der Waals surface area contributed by atoms with Crippen LogP contribution in [0.15, 0.2) is 11.6 Å². The number of carbonyl (C=O) groups excluding carboxylic acids is 3.